The molecule has 0 aromatic heterocycles. The molecular formula is C72H113F5N12O13. The Balaban J connectivity index is 1.30. The van der Waals surface area contributed by atoms with E-state index >= 15 is 37.5 Å². The second kappa shape index (κ2) is 36.1. The van der Waals surface area contributed by atoms with Gasteiger partial charge in [-0.05, 0) is 114 Å². The van der Waals surface area contributed by atoms with E-state index in [9.17, 15) is 41.9 Å². The number of alkyl halides is 5. The first kappa shape index (κ1) is 82.3. The zero-order chi connectivity index (χ0) is 75.4. The van der Waals surface area contributed by atoms with Crippen molar-refractivity contribution in [1.82, 2.24) is 60.0 Å². The minimum Gasteiger partial charge on any atom is -0.377 e. The van der Waals surface area contributed by atoms with Gasteiger partial charge < -0.3 is 64.8 Å². The Morgan fingerprint density at radius 3 is 1.86 bits per heavy atom. The largest absolute Gasteiger partial charge is 0.397 e. The van der Waals surface area contributed by atoms with E-state index < -0.39 is 205 Å². The molecule has 6 fully saturated rings. The van der Waals surface area contributed by atoms with Crippen molar-refractivity contribution in [1.29, 1.82) is 0 Å². The van der Waals surface area contributed by atoms with Crippen molar-refractivity contribution in [3.05, 3.63) is 12.2 Å². The van der Waals surface area contributed by atoms with Crippen LogP contribution in [0.5, 0.6) is 0 Å². The van der Waals surface area contributed by atoms with E-state index in [0.717, 1.165) is 51.7 Å². The van der Waals surface area contributed by atoms with E-state index in [-0.39, 0.29) is 77.0 Å². The van der Waals surface area contributed by atoms with Crippen LogP contribution in [0.2, 0.25) is 0 Å². The van der Waals surface area contributed by atoms with Gasteiger partial charge in [0, 0.05) is 82.5 Å². The van der Waals surface area contributed by atoms with Crippen molar-refractivity contribution < 1.29 is 84.2 Å². The van der Waals surface area contributed by atoms with Crippen LogP contribution in [0, 0.1) is 29.6 Å². The van der Waals surface area contributed by atoms with Gasteiger partial charge in [-0.1, -0.05) is 84.3 Å². The molecule has 12 atom stereocenters. The molecule has 4 aliphatic carbocycles. The molecule has 7 aliphatic rings. The maximum atomic E-state index is 15.5. The number of amides is 12. The summed E-state index contributed by atoms with van der Waals surface area (Å²) in [6.07, 6.45) is -2.18. The van der Waals surface area contributed by atoms with E-state index in [4.69, 9.17) is 4.74 Å². The molecule has 102 heavy (non-hydrogen) atoms. The van der Waals surface area contributed by atoms with Crippen LogP contribution in [0.15, 0.2) is 12.2 Å². The van der Waals surface area contributed by atoms with E-state index in [1.807, 2.05) is 13.0 Å². The average Bonchev–Trinajstić information content (AvgIpc) is 1.20. The third kappa shape index (κ3) is 19.5. The molecule has 3 heterocycles. The van der Waals surface area contributed by atoms with Crippen molar-refractivity contribution >= 4 is 70.9 Å². The van der Waals surface area contributed by atoms with Crippen LogP contribution in [0.3, 0.4) is 0 Å². The Labute approximate surface area is 597 Å². The number of carbonyl (C=O) groups is 12. The Bertz CT molecular complexity index is 3030. The number of rotatable bonds is 12. The smallest absolute Gasteiger partial charge is 0.377 e. The number of nitrogens with zero attached hydrogens (tertiary/aromatic N) is 9. The first-order valence-corrected chi connectivity index (χ1v) is 37.0. The minimum atomic E-state index is -5.17. The summed E-state index contributed by atoms with van der Waals surface area (Å²) in [6.45, 7) is 5.57. The molecule has 3 aliphatic heterocycles. The molecule has 0 radical (unpaired) electrons. The molecule has 3 N–H and O–H groups in total. The first-order chi connectivity index (χ1) is 48.1. The fourth-order valence-electron chi connectivity index (χ4n) is 16.5. The van der Waals surface area contributed by atoms with E-state index in [2.05, 4.69) is 16.0 Å². The number of hydrogen-bond donors (Lipinski definition) is 3. The predicted molar refractivity (Wildman–Crippen MR) is 367 cm³/mol. The van der Waals surface area contributed by atoms with Crippen molar-refractivity contribution in [2.75, 3.05) is 89.2 Å². The van der Waals surface area contributed by atoms with Crippen molar-refractivity contribution in [2.24, 2.45) is 29.6 Å². The normalized spacial score (nSPS) is 31.7. The van der Waals surface area contributed by atoms with Crippen LogP contribution in [0.1, 0.15) is 175 Å². The highest BCUT2D eigenvalue weighted by Crippen LogP contribution is 2.45. The molecule has 30 heteroatoms. The summed E-state index contributed by atoms with van der Waals surface area (Å²) < 4.78 is 78.7. The molecule has 25 nitrogen and oxygen atoms in total. The average molecular weight is 1450 g/mol. The molecule has 12 amide bonds. The molecule has 2 saturated heterocycles. The van der Waals surface area contributed by atoms with Gasteiger partial charge in [-0.15, -0.1) is 0 Å². The number of likely N-dealkylation sites (N-methyl/N-ethyl adjacent to an activating group) is 7. The molecule has 574 valence electrons. The van der Waals surface area contributed by atoms with Gasteiger partial charge in [0.1, 0.15) is 72.1 Å². The summed E-state index contributed by atoms with van der Waals surface area (Å²) in [5.74, 6) is -13.4. The van der Waals surface area contributed by atoms with Crippen LogP contribution in [-0.2, 0) is 62.3 Å². The maximum Gasteiger partial charge on any atom is 0.397 e. The Kier molecular flexibility index (Phi) is 29.1. The zero-order valence-electron chi connectivity index (χ0n) is 61.9. The van der Waals surface area contributed by atoms with Gasteiger partial charge in [0.25, 0.3) is 0 Å². The SMILES string of the molecule is CCO[C@@H]1C[C@H]2C(=O)NC3(CCC3)C(=O)N(C)[C@@H](C3CCCC3)C(=O)N(C)[C@H](C(=O)N(C)C)CC(=O)N(C)[C@@H](CC)C(=O)N[C@@H]([C@@H](C)CC)C(=O)N(C)CC(=O)N(C)[C@H]3C/C=C\CCN(C3=O)[C@@H](CC3CCCCC3)C(=O)N(C)CC(=O)N[C@@H](CCC3CC(F)C(C(F)(F)F)C(F)C3)C(=O)N2C1. The first-order valence-electron chi connectivity index (χ1n) is 37.0. The van der Waals surface area contributed by atoms with Crippen LogP contribution < -0.4 is 16.0 Å². The van der Waals surface area contributed by atoms with Gasteiger partial charge in [0.2, 0.25) is 70.9 Å². The summed E-state index contributed by atoms with van der Waals surface area (Å²) in [6, 6.07) is -10.5. The number of hydrogen-bond acceptors (Lipinski definition) is 13. The number of halogens is 5. The maximum absolute atomic E-state index is 15.5. The van der Waals surface area contributed by atoms with E-state index in [0.29, 0.717) is 44.9 Å². The van der Waals surface area contributed by atoms with E-state index in [1.54, 1.807) is 26.8 Å². The Morgan fingerprint density at radius 1 is 0.657 bits per heavy atom. The van der Waals surface area contributed by atoms with Gasteiger partial charge in [-0.2, -0.15) is 13.2 Å². The van der Waals surface area contributed by atoms with Gasteiger partial charge in [-0.3, -0.25) is 57.5 Å². The summed E-state index contributed by atoms with van der Waals surface area (Å²) in [5, 5.41) is 8.51. The third-order valence-corrected chi connectivity index (χ3v) is 23.0. The second-order valence-corrected chi connectivity index (χ2v) is 30.2. The number of fused-ring (bicyclic) bond motifs is 3. The van der Waals surface area contributed by atoms with Gasteiger partial charge in [-0.25, -0.2) is 8.78 Å². The minimum absolute atomic E-state index is 0.0178. The lowest BCUT2D eigenvalue weighted by Gasteiger charge is -2.46. The predicted octanol–water partition coefficient (Wildman–Crippen LogP) is 4.93. The molecule has 0 aromatic rings. The lowest BCUT2D eigenvalue weighted by atomic mass is 9.74. The number of nitrogens with one attached hydrogen (secondary N) is 3. The van der Waals surface area contributed by atoms with Crippen LogP contribution in [0.4, 0.5) is 22.0 Å². The Hall–Kier alpha value is -7.01. The number of ether oxygens (including phenoxy) is 1. The quantitative estimate of drug-likeness (QED) is 0.173. The van der Waals surface area contributed by atoms with Gasteiger partial charge >= 0.3 is 6.18 Å². The summed E-state index contributed by atoms with van der Waals surface area (Å²) in [7, 11) is 11.2. The Morgan fingerprint density at radius 2 is 1.28 bits per heavy atom. The van der Waals surface area contributed by atoms with Gasteiger partial charge in [0.05, 0.1) is 25.6 Å². The molecular weight excluding hydrogens is 1340 g/mol. The molecule has 2 bridgehead atoms. The van der Waals surface area contributed by atoms with Crippen LogP contribution in [0.25, 0.3) is 0 Å². The fraction of sp³-hybridized carbons (Fsp3) is 0.806. The lowest BCUT2D eigenvalue weighted by molar-refractivity contribution is -0.219. The highest BCUT2D eigenvalue weighted by Gasteiger charge is 2.56. The fourth-order valence-corrected chi connectivity index (χ4v) is 16.5. The molecule has 0 aromatic carbocycles. The van der Waals surface area contributed by atoms with Crippen molar-refractivity contribution in [3.63, 3.8) is 0 Å². The highest BCUT2D eigenvalue weighted by atomic mass is 19.4. The summed E-state index contributed by atoms with van der Waals surface area (Å²) in [5.41, 5.74) is -1.64. The second-order valence-electron chi connectivity index (χ2n) is 30.2. The molecule has 1 spiro atoms. The topological polar surface area (TPSA) is 279 Å². The van der Waals surface area contributed by atoms with E-state index in [1.165, 1.54) is 80.9 Å². The van der Waals surface area contributed by atoms with Crippen molar-refractivity contribution in [2.45, 2.75) is 254 Å². The monoisotopic (exact) mass is 1450 g/mol. The molecule has 2 unspecified atom stereocenters. The lowest BCUT2D eigenvalue weighted by Crippen LogP contribution is -2.68. The van der Waals surface area contributed by atoms with Gasteiger partial charge in [0.15, 0.2) is 0 Å². The summed E-state index contributed by atoms with van der Waals surface area (Å²) in [4.78, 5) is 191. The van der Waals surface area contributed by atoms with Crippen LogP contribution >= 0.6 is 0 Å². The van der Waals surface area contributed by atoms with Crippen LogP contribution in [-0.4, -0.2) is 283 Å². The highest BCUT2D eigenvalue weighted by molar-refractivity contribution is 6.01. The standard InChI is InChI=1S/C72H113F5N12O13/c1-13-43(4)60-68(99)83(8)42-58(92)85(10)52-29-20-17-23-34-88(67(52)98)55(37-44-25-18-16-19-26-44)66(97)82(7)41-56(90)78-50(31-30-45-35-48(73)59(49(74)36-45)72(75,76)77)64(95)89-40-47(102-15-3)38-53(89)63(94)80-71(32-24-33-71)70(101)87(12)61(46-27-21-22-28-46)69(100)86(11)54(65(96)81(5)6)39-57(91)84(9)51(14-2)62(93)79-60/h17,20,43-55,59-61H,13-16,18-19,21-42H2,1-12H3,(H,78,90)(H,79,93)(H,80,94)/b20-17-/t43-,45?,47+,48?,49?,50-,51-,52-,53-,54-,55-,59?,60-,61-/m0/s1. The van der Waals surface area contributed by atoms with Crippen molar-refractivity contribution in [3.8, 4) is 0 Å². The molecule has 4 saturated carbocycles. The number of carbonyl (C=O) groups excluding carboxylic acids is 12. The third-order valence-electron chi connectivity index (χ3n) is 23.0. The molecule has 7 rings (SSSR count). The summed E-state index contributed by atoms with van der Waals surface area (Å²) >= 11 is 0. The zero-order valence-corrected chi connectivity index (χ0v) is 61.9.